The smallest absolute Gasteiger partial charge is 0.222 e. The second-order valence-electron chi connectivity index (χ2n) is 4.78. The van der Waals surface area contributed by atoms with E-state index in [9.17, 15) is 0 Å². The van der Waals surface area contributed by atoms with Crippen molar-refractivity contribution < 1.29 is 0 Å². The Morgan fingerprint density at radius 3 is 2.81 bits per heavy atom. The highest BCUT2D eigenvalue weighted by Gasteiger charge is 2.25. The Morgan fingerprint density at radius 2 is 2.12 bits per heavy atom. The molecule has 88 valence electrons. The van der Waals surface area contributed by atoms with Gasteiger partial charge in [0.1, 0.15) is 5.82 Å². The van der Waals surface area contributed by atoms with E-state index >= 15 is 0 Å². The van der Waals surface area contributed by atoms with Crippen LogP contribution >= 0.6 is 0 Å². The number of piperidine rings is 1. The van der Waals surface area contributed by atoms with E-state index in [0.717, 1.165) is 18.1 Å². The molecule has 4 nitrogen and oxygen atoms in total. The average molecular weight is 220 g/mol. The largest absolute Gasteiger partial charge is 0.368 e. The Balaban J connectivity index is 2.28. The van der Waals surface area contributed by atoms with Crippen molar-refractivity contribution in [2.24, 2.45) is 5.92 Å². The number of aromatic nitrogens is 2. The van der Waals surface area contributed by atoms with Gasteiger partial charge in [0.15, 0.2) is 0 Å². The van der Waals surface area contributed by atoms with Crippen LogP contribution in [-0.2, 0) is 0 Å². The molecule has 0 aromatic carbocycles. The van der Waals surface area contributed by atoms with Crippen LogP contribution in [0.25, 0.3) is 0 Å². The van der Waals surface area contributed by atoms with Crippen molar-refractivity contribution in [2.45, 2.75) is 39.7 Å². The van der Waals surface area contributed by atoms with Gasteiger partial charge in [-0.2, -0.15) is 4.98 Å². The first kappa shape index (κ1) is 11.2. The van der Waals surface area contributed by atoms with E-state index in [0.29, 0.717) is 17.9 Å². The molecule has 1 aliphatic rings. The molecule has 0 spiro atoms. The minimum absolute atomic E-state index is 0.375. The lowest BCUT2D eigenvalue weighted by Gasteiger charge is -2.38. The first-order valence-corrected chi connectivity index (χ1v) is 5.95. The van der Waals surface area contributed by atoms with Crippen LogP contribution in [0.4, 0.5) is 11.8 Å². The highest BCUT2D eigenvalue weighted by molar-refractivity contribution is 5.44. The molecule has 1 aromatic rings. The number of nitrogens with zero attached hydrogens (tertiary/aromatic N) is 3. The van der Waals surface area contributed by atoms with E-state index in [1.54, 1.807) is 0 Å². The normalized spacial score (nSPS) is 25.8. The topological polar surface area (TPSA) is 55.0 Å². The van der Waals surface area contributed by atoms with Gasteiger partial charge >= 0.3 is 0 Å². The second-order valence-corrected chi connectivity index (χ2v) is 4.78. The summed E-state index contributed by atoms with van der Waals surface area (Å²) in [4.78, 5) is 10.8. The van der Waals surface area contributed by atoms with Crippen LogP contribution in [0.2, 0.25) is 0 Å². The summed E-state index contributed by atoms with van der Waals surface area (Å²) < 4.78 is 0. The van der Waals surface area contributed by atoms with E-state index in [1.165, 1.54) is 12.8 Å². The molecule has 0 saturated carbocycles. The summed E-state index contributed by atoms with van der Waals surface area (Å²) in [6.07, 6.45) is 2.53. The van der Waals surface area contributed by atoms with Crippen LogP contribution in [0.1, 0.15) is 32.4 Å². The zero-order valence-electron chi connectivity index (χ0n) is 10.3. The second kappa shape index (κ2) is 4.28. The predicted octanol–water partition coefficient (Wildman–Crippen LogP) is 1.99. The van der Waals surface area contributed by atoms with Crippen molar-refractivity contribution >= 4 is 11.8 Å². The zero-order chi connectivity index (χ0) is 11.7. The molecule has 1 fully saturated rings. The van der Waals surface area contributed by atoms with Crippen LogP contribution in [-0.4, -0.2) is 22.6 Å². The van der Waals surface area contributed by atoms with Crippen molar-refractivity contribution in [3.63, 3.8) is 0 Å². The van der Waals surface area contributed by atoms with E-state index in [1.807, 2.05) is 13.0 Å². The zero-order valence-corrected chi connectivity index (χ0v) is 10.3. The van der Waals surface area contributed by atoms with Crippen molar-refractivity contribution in [3.05, 3.63) is 11.8 Å². The van der Waals surface area contributed by atoms with Crippen LogP contribution in [0.3, 0.4) is 0 Å². The molecule has 16 heavy (non-hydrogen) atoms. The molecule has 1 saturated heterocycles. The molecule has 0 bridgehead atoms. The Morgan fingerprint density at radius 1 is 1.38 bits per heavy atom. The standard InChI is InChI=1S/C12H20N4/c1-8-5-4-6-16(10(8)3)11-7-9(2)14-12(13)15-11/h7-8,10H,4-6H2,1-3H3,(H2,13,14,15). The Labute approximate surface area is 96.9 Å². The number of anilines is 2. The molecule has 1 aliphatic heterocycles. The summed E-state index contributed by atoms with van der Waals surface area (Å²) in [5, 5.41) is 0. The number of hydrogen-bond acceptors (Lipinski definition) is 4. The highest BCUT2D eigenvalue weighted by atomic mass is 15.2. The molecule has 2 unspecified atom stereocenters. The van der Waals surface area contributed by atoms with Gasteiger partial charge in [0, 0.05) is 24.3 Å². The first-order chi connectivity index (χ1) is 7.58. The molecule has 2 N–H and O–H groups in total. The molecule has 0 radical (unpaired) electrons. The molecule has 4 heteroatoms. The van der Waals surface area contributed by atoms with Crippen molar-refractivity contribution in [3.8, 4) is 0 Å². The van der Waals surface area contributed by atoms with Crippen LogP contribution in [0.5, 0.6) is 0 Å². The van der Waals surface area contributed by atoms with Crippen molar-refractivity contribution in [2.75, 3.05) is 17.2 Å². The third-order valence-electron chi connectivity index (χ3n) is 3.53. The summed E-state index contributed by atoms with van der Waals surface area (Å²) in [6, 6.07) is 2.55. The lowest BCUT2D eigenvalue weighted by atomic mass is 9.92. The maximum atomic E-state index is 5.70. The molecule has 0 aliphatic carbocycles. The molecule has 2 heterocycles. The molecular weight excluding hydrogens is 200 g/mol. The molecular formula is C12H20N4. The van der Waals surface area contributed by atoms with Gasteiger partial charge in [-0.15, -0.1) is 0 Å². The third kappa shape index (κ3) is 2.10. The third-order valence-corrected chi connectivity index (χ3v) is 3.53. The number of nitrogen functional groups attached to an aromatic ring is 1. The SMILES string of the molecule is Cc1cc(N2CCCC(C)C2C)nc(N)n1. The minimum Gasteiger partial charge on any atom is -0.368 e. The van der Waals surface area contributed by atoms with E-state index in [2.05, 4.69) is 28.7 Å². The number of hydrogen-bond donors (Lipinski definition) is 1. The van der Waals surface area contributed by atoms with Gasteiger partial charge in [-0.25, -0.2) is 4.98 Å². The molecule has 2 atom stereocenters. The van der Waals surface area contributed by atoms with Crippen molar-refractivity contribution in [1.29, 1.82) is 0 Å². The van der Waals surface area contributed by atoms with E-state index < -0.39 is 0 Å². The molecule has 2 rings (SSSR count). The van der Waals surface area contributed by atoms with Gasteiger partial charge in [0.05, 0.1) is 0 Å². The van der Waals surface area contributed by atoms with E-state index in [-0.39, 0.29) is 0 Å². The number of rotatable bonds is 1. The first-order valence-electron chi connectivity index (χ1n) is 5.95. The summed E-state index contributed by atoms with van der Waals surface area (Å²) in [6.45, 7) is 7.59. The van der Waals surface area contributed by atoms with Gasteiger partial charge in [-0.3, -0.25) is 0 Å². The summed E-state index contributed by atoms with van der Waals surface area (Å²) in [5.41, 5.74) is 6.64. The van der Waals surface area contributed by atoms with Gasteiger partial charge in [-0.1, -0.05) is 6.92 Å². The van der Waals surface area contributed by atoms with Crippen LogP contribution in [0.15, 0.2) is 6.07 Å². The summed E-state index contributed by atoms with van der Waals surface area (Å²) in [5.74, 6) is 2.06. The lowest BCUT2D eigenvalue weighted by Crippen LogP contribution is -2.43. The maximum absolute atomic E-state index is 5.70. The average Bonchev–Trinajstić information content (AvgIpc) is 2.20. The fourth-order valence-corrected chi connectivity index (χ4v) is 2.38. The number of aryl methyl sites for hydroxylation is 1. The van der Waals surface area contributed by atoms with E-state index in [4.69, 9.17) is 5.73 Å². The summed E-state index contributed by atoms with van der Waals surface area (Å²) >= 11 is 0. The molecule has 0 amide bonds. The fourth-order valence-electron chi connectivity index (χ4n) is 2.38. The minimum atomic E-state index is 0.375. The van der Waals surface area contributed by atoms with Gasteiger partial charge in [0.25, 0.3) is 0 Å². The Kier molecular flexibility index (Phi) is 2.99. The molecule has 1 aromatic heterocycles. The van der Waals surface area contributed by atoms with Crippen molar-refractivity contribution in [1.82, 2.24) is 9.97 Å². The maximum Gasteiger partial charge on any atom is 0.222 e. The Hall–Kier alpha value is -1.32. The van der Waals surface area contributed by atoms with Crippen LogP contribution < -0.4 is 10.6 Å². The summed E-state index contributed by atoms with van der Waals surface area (Å²) in [7, 11) is 0. The highest BCUT2D eigenvalue weighted by Crippen LogP contribution is 2.27. The van der Waals surface area contributed by atoms with Gasteiger partial charge in [0.2, 0.25) is 5.95 Å². The van der Waals surface area contributed by atoms with Gasteiger partial charge < -0.3 is 10.6 Å². The monoisotopic (exact) mass is 220 g/mol. The predicted molar refractivity (Wildman–Crippen MR) is 66.4 cm³/mol. The van der Waals surface area contributed by atoms with Gasteiger partial charge in [-0.05, 0) is 32.6 Å². The quantitative estimate of drug-likeness (QED) is 0.786. The number of nitrogens with two attached hydrogens (primary N) is 1. The lowest BCUT2D eigenvalue weighted by molar-refractivity contribution is 0.361. The Bertz CT molecular complexity index is 357. The van der Waals surface area contributed by atoms with Crippen LogP contribution in [0, 0.1) is 12.8 Å². The fraction of sp³-hybridized carbons (Fsp3) is 0.667.